The number of carbonyl (C=O) groups is 1. The Hall–Kier alpha value is -2.97. The molecule has 0 unspecified atom stereocenters. The number of carbonyl (C=O) groups excluding carboxylic acids is 1. The van der Waals surface area contributed by atoms with Crippen LogP contribution in [0.25, 0.3) is 21.5 Å². The Labute approximate surface area is 159 Å². The second-order valence-electron chi connectivity index (χ2n) is 7.04. The van der Waals surface area contributed by atoms with Gasteiger partial charge in [0.1, 0.15) is 6.10 Å². The fraction of sp³-hybridized carbons (Fsp3) is 0.350. The first-order valence-electron chi connectivity index (χ1n) is 8.89. The van der Waals surface area contributed by atoms with E-state index in [4.69, 9.17) is 9.47 Å². The largest absolute Gasteiger partial charge is 0.465 e. The molecule has 4 rings (SSSR count). The van der Waals surface area contributed by atoms with E-state index in [9.17, 15) is 19.5 Å². The van der Waals surface area contributed by atoms with Crippen molar-refractivity contribution in [2.24, 2.45) is 0 Å². The van der Waals surface area contributed by atoms with E-state index in [1.165, 1.54) is 7.11 Å². The highest BCUT2D eigenvalue weighted by Gasteiger charge is 2.54. The topological polar surface area (TPSA) is 99.8 Å². The summed E-state index contributed by atoms with van der Waals surface area (Å²) in [5, 5.41) is 13.2. The summed E-state index contributed by atoms with van der Waals surface area (Å²) < 4.78 is 12.0. The van der Waals surface area contributed by atoms with Crippen molar-refractivity contribution in [1.29, 1.82) is 0 Å². The van der Waals surface area contributed by atoms with Crippen molar-refractivity contribution in [2.75, 3.05) is 14.2 Å². The predicted molar refractivity (Wildman–Crippen MR) is 102 cm³/mol. The lowest BCUT2D eigenvalue weighted by Gasteiger charge is -2.42. The monoisotopic (exact) mass is 384 g/mol. The lowest BCUT2D eigenvalue weighted by molar-refractivity contribution is -0.217. The molecule has 0 radical (unpaired) electrons. The number of ether oxygens (including phenoxy) is 2. The molecule has 8 nitrogen and oxygen atoms in total. The molecule has 3 aromatic rings. The Bertz CT molecular complexity index is 1230. The average molecular weight is 384 g/mol. The van der Waals surface area contributed by atoms with E-state index < -0.39 is 35.0 Å². The van der Waals surface area contributed by atoms with Crippen molar-refractivity contribution in [3.63, 3.8) is 0 Å². The van der Waals surface area contributed by atoms with E-state index in [1.54, 1.807) is 19.1 Å². The summed E-state index contributed by atoms with van der Waals surface area (Å²) >= 11 is 0. The number of esters is 1. The third-order valence-corrected chi connectivity index (χ3v) is 5.48. The molecule has 2 aromatic carbocycles. The van der Waals surface area contributed by atoms with Gasteiger partial charge >= 0.3 is 5.97 Å². The van der Waals surface area contributed by atoms with E-state index >= 15 is 0 Å². The summed E-state index contributed by atoms with van der Waals surface area (Å²) in [5.74, 6) is -1.07. The fourth-order valence-corrected chi connectivity index (χ4v) is 4.08. The summed E-state index contributed by atoms with van der Waals surface area (Å²) in [5.41, 5.74) is -3.59. The van der Waals surface area contributed by atoms with Crippen LogP contribution in [0.15, 0.2) is 46.0 Å². The van der Waals surface area contributed by atoms with Crippen LogP contribution in [0.2, 0.25) is 0 Å². The quantitative estimate of drug-likeness (QED) is 0.525. The number of benzene rings is 2. The molecule has 0 saturated heterocycles. The van der Waals surface area contributed by atoms with Crippen LogP contribution in [-0.2, 0) is 20.0 Å². The molecule has 3 atom stereocenters. The van der Waals surface area contributed by atoms with Gasteiger partial charge < -0.3 is 14.6 Å². The maximum absolute atomic E-state index is 13.4. The first kappa shape index (κ1) is 18.4. The van der Waals surface area contributed by atoms with E-state index in [0.717, 1.165) is 27.2 Å². The van der Waals surface area contributed by atoms with E-state index in [2.05, 4.69) is 0 Å². The van der Waals surface area contributed by atoms with Gasteiger partial charge in [-0.3, -0.25) is 9.59 Å². The van der Waals surface area contributed by atoms with Gasteiger partial charge in [0.05, 0.1) is 23.9 Å². The molecule has 1 aromatic heterocycles. The maximum Gasteiger partial charge on any atom is 0.364 e. The molecular weight excluding hydrogens is 364 g/mol. The minimum absolute atomic E-state index is 0.117. The van der Waals surface area contributed by atoms with Gasteiger partial charge in [0.25, 0.3) is 16.8 Å². The number of aromatic nitrogens is 2. The van der Waals surface area contributed by atoms with Crippen LogP contribution in [0, 0.1) is 0 Å². The zero-order valence-corrected chi connectivity index (χ0v) is 15.7. The molecule has 1 aliphatic rings. The van der Waals surface area contributed by atoms with Crippen LogP contribution in [0.3, 0.4) is 0 Å². The Morgan fingerprint density at radius 3 is 2.21 bits per heavy atom. The van der Waals surface area contributed by atoms with E-state index in [0.29, 0.717) is 0 Å². The van der Waals surface area contributed by atoms with Crippen molar-refractivity contribution in [3.05, 3.63) is 57.1 Å². The second-order valence-corrected chi connectivity index (χ2v) is 7.04. The third-order valence-electron chi connectivity index (χ3n) is 5.48. The van der Waals surface area contributed by atoms with Gasteiger partial charge in [-0.1, -0.05) is 24.3 Å². The highest BCUT2D eigenvalue weighted by Crippen LogP contribution is 2.33. The molecule has 0 saturated carbocycles. The molecule has 8 heteroatoms. The van der Waals surface area contributed by atoms with Crippen molar-refractivity contribution in [2.45, 2.75) is 31.2 Å². The zero-order chi connectivity index (χ0) is 20.2. The van der Waals surface area contributed by atoms with Crippen molar-refractivity contribution in [3.8, 4) is 0 Å². The maximum atomic E-state index is 13.4. The normalized spacial score (nSPS) is 24.3. The molecule has 1 aliphatic heterocycles. The number of aliphatic hydroxyl groups is 1. The molecule has 1 N–H and O–H groups in total. The molecule has 0 spiro atoms. The Morgan fingerprint density at radius 1 is 1.11 bits per heavy atom. The van der Waals surface area contributed by atoms with Gasteiger partial charge in [0.2, 0.25) is 0 Å². The Kier molecular flexibility index (Phi) is 4.13. The highest BCUT2D eigenvalue weighted by molar-refractivity contribution is 5.97. The summed E-state index contributed by atoms with van der Waals surface area (Å²) in [7, 11) is 2.44. The minimum atomic E-state index is -2.45. The number of rotatable bonds is 2. The molecular formula is C20H20N2O6. The Balaban J connectivity index is 2.20. The molecule has 2 heterocycles. The summed E-state index contributed by atoms with van der Waals surface area (Å²) in [6.07, 6.45) is -0.898. The van der Waals surface area contributed by atoms with Crippen LogP contribution in [0.4, 0.5) is 0 Å². The van der Waals surface area contributed by atoms with Crippen molar-refractivity contribution in [1.82, 2.24) is 9.36 Å². The van der Waals surface area contributed by atoms with Crippen molar-refractivity contribution >= 4 is 27.5 Å². The smallest absolute Gasteiger partial charge is 0.364 e. The first-order valence-corrected chi connectivity index (χ1v) is 8.89. The molecule has 0 bridgehead atoms. The predicted octanol–water partition coefficient (Wildman–Crippen LogP) is 1.11. The second kappa shape index (κ2) is 6.29. The van der Waals surface area contributed by atoms with Crippen LogP contribution in [0.5, 0.6) is 0 Å². The number of hydrogen-bond donors (Lipinski definition) is 1. The summed E-state index contributed by atoms with van der Waals surface area (Å²) in [6, 6.07) is 10.1. The van der Waals surface area contributed by atoms with Crippen LogP contribution in [-0.4, -0.2) is 40.8 Å². The van der Waals surface area contributed by atoms with Crippen molar-refractivity contribution < 1.29 is 19.4 Å². The van der Waals surface area contributed by atoms with E-state index in [-0.39, 0.29) is 17.2 Å². The van der Waals surface area contributed by atoms with Gasteiger partial charge in [0, 0.05) is 13.5 Å². The lowest BCUT2D eigenvalue weighted by atomic mass is 9.96. The average Bonchev–Trinajstić information content (AvgIpc) is 2.71. The zero-order valence-electron chi connectivity index (χ0n) is 15.7. The SMILES string of the molecule is COC(=O)[C@]1(O)[C@H](OC)C[C@H](C)n2c(=O)c3cc4ccccc4cc3c(=O)n21. The first-order chi connectivity index (χ1) is 13.3. The Morgan fingerprint density at radius 2 is 1.68 bits per heavy atom. The lowest BCUT2D eigenvalue weighted by Crippen LogP contribution is -2.64. The molecule has 0 amide bonds. The van der Waals surface area contributed by atoms with E-state index in [1.807, 2.05) is 24.3 Å². The number of nitrogens with zero attached hydrogens (tertiary/aromatic N) is 2. The number of methoxy groups -OCH3 is 2. The van der Waals surface area contributed by atoms with Gasteiger partial charge in [-0.15, -0.1) is 0 Å². The number of hydrogen-bond acceptors (Lipinski definition) is 6. The third kappa shape index (κ3) is 2.28. The molecule has 0 aliphatic carbocycles. The summed E-state index contributed by atoms with van der Waals surface area (Å²) in [4.78, 5) is 39.2. The standard InChI is InChI=1S/C20H20N2O6/c1-11-8-16(27-2)20(26,19(25)28-3)22-18(24)15-10-13-7-5-4-6-12(13)9-14(15)17(23)21(11)22/h4-7,9-11,16,26H,8H2,1-3H3/t11-,16+,20+/m0/s1. The van der Waals surface area contributed by atoms with Gasteiger partial charge in [0.15, 0.2) is 0 Å². The van der Waals surface area contributed by atoms with Gasteiger partial charge in [-0.25, -0.2) is 14.2 Å². The molecule has 0 fully saturated rings. The van der Waals surface area contributed by atoms with Crippen LogP contribution >= 0.6 is 0 Å². The summed E-state index contributed by atoms with van der Waals surface area (Å²) in [6.45, 7) is 1.73. The highest BCUT2D eigenvalue weighted by atomic mass is 16.6. The van der Waals surface area contributed by atoms with Crippen LogP contribution < -0.4 is 11.1 Å². The van der Waals surface area contributed by atoms with Gasteiger partial charge in [-0.2, -0.15) is 0 Å². The van der Waals surface area contributed by atoms with Gasteiger partial charge in [-0.05, 0) is 29.8 Å². The molecule has 28 heavy (non-hydrogen) atoms. The minimum Gasteiger partial charge on any atom is -0.465 e. The number of fused-ring (bicyclic) bond motifs is 3. The van der Waals surface area contributed by atoms with Crippen LogP contribution in [0.1, 0.15) is 19.4 Å². The fourth-order valence-electron chi connectivity index (χ4n) is 4.08. The molecule has 146 valence electrons.